The van der Waals surface area contributed by atoms with Crippen LogP contribution in [0.25, 0.3) is 11.1 Å². The second-order valence-corrected chi connectivity index (χ2v) is 14.2. The lowest BCUT2D eigenvalue weighted by Crippen LogP contribution is -2.45. The highest BCUT2D eigenvalue weighted by molar-refractivity contribution is 5.98. The number of benzene rings is 2. The highest BCUT2D eigenvalue weighted by atomic mass is 19.4. The normalized spacial score (nSPS) is 18.6. The van der Waals surface area contributed by atoms with Crippen molar-refractivity contribution in [1.82, 2.24) is 9.80 Å². The molecule has 16 heteroatoms. The number of nitrogens with zero attached hydrogens (tertiary/aromatic N) is 2. The Morgan fingerprint density at radius 3 is 1.26 bits per heavy atom. The van der Waals surface area contributed by atoms with Crippen molar-refractivity contribution in [3.8, 4) is 11.1 Å². The quantitative estimate of drug-likeness (QED) is 0.303. The molecule has 274 valence electrons. The van der Waals surface area contributed by atoms with E-state index in [-0.39, 0.29) is 37.3 Å². The van der Waals surface area contributed by atoms with E-state index < -0.39 is 81.9 Å². The Balaban J connectivity index is 1.61. The van der Waals surface area contributed by atoms with Crippen LogP contribution in [0.4, 0.5) is 47.3 Å². The molecule has 2 aliphatic rings. The highest BCUT2D eigenvalue weighted by Crippen LogP contribution is 2.44. The molecule has 0 unspecified atom stereocenters. The Labute approximate surface area is 285 Å². The number of halogens is 6. The number of hydrogen-bond donors (Lipinski definition) is 2. The molecule has 2 aromatic carbocycles. The lowest BCUT2D eigenvalue weighted by Gasteiger charge is -2.28. The van der Waals surface area contributed by atoms with E-state index in [1.165, 1.54) is 9.80 Å². The van der Waals surface area contributed by atoms with Gasteiger partial charge in [-0.1, -0.05) is 12.1 Å². The number of likely N-dealkylation sites (tertiary alicyclic amines) is 2. The van der Waals surface area contributed by atoms with Crippen molar-refractivity contribution in [1.29, 1.82) is 0 Å². The zero-order valence-corrected chi connectivity index (χ0v) is 28.5. The molecule has 4 amide bonds. The maximum atomic E-state index is 14.4. The molecule has 2 saturated heterocycles. The Kier molecular flexibility index (Phi) is 10.7. The summed E-state index contributed by atoms with van der Waals surface area (Å²) >= 11 is 0. The van der Waals surface area contributed by atoms with Gasteiger partial charge in [0.05, 0.1) is 11.1 Å². The lowest BCUT2D eigenvalue weighted by molar-refractivity contribution is -0.139. The van der Waals surface area contributed by atoms with Crippen molar-refractivity contribution in [2.75, 3.05) is 23.7 Å². The predicted molar refractivity (Wildman–Crippen MR) is 171 cm³/mol. The van der Waals surface area contributed by atoms with Gasteiger partial charge in [-0.25, -0.2) is 9.59 Å². The maximum Gasteiger partial charge on any atom is 0.417 e. The van der Waals surface area contributed by atoms with Crippen LogP contribution in [0.3, 0.4) is 0 Å². The number of nitrogens with one attached hydrogen (secondary N) is 2. The van der Waals surface area contributed by atoms with E-state index in [1.807, 2.05) is 0 Å². The molecule has 0 aromatic heterocycles. The van der Waals surface area contributed by atoms with Gasteiger partial charge in [0.2, 0.25) is 11.8 Å². The van der Waals surface area contributed by atoms with Crippen LogP contribution >= 0.6 is 0 Å². The second kappa shape index (κ2) is 14.0. The molecule has 2 aromatic rings. The number of carbonyl (C=O) groups is 4. The number of ether oxygens (including phenoxy) is 2. The molecule has 0 spiro atoms. The van der Waals surface area contributed by atoms with Gasteiger partial charge >= 0.3 is 24.5 Å². The van der Waals surface area contributed by atoms with Gasteiger partial charge in [0.15, 0.2) is 0 Å². The second-order valence-electron chi connectivity index (χ2n) is 14.2. The van der Waals surface area contributed by atoms with Crippen LogP contribution in [0, 0.1) is 0 Å². The van der Waals surface area contributed by atoms with E-state index in [2.05, 4.69) is 10.6 Å². The van der Waals surface area contributed by atoms with Gasteiger partial charge in [0.25, 0.3) is 0 Å². The van der Waals surface area contributed by atoms with Gasteiger partial charge in [0.1, 0.15) is 23.3 Å². The van der Waals surface area contributed by atoms with Gasteiger partial charge in [-0.2, -0.15) is 26.3 Å². The number of rotatable bonds is 5. The minimum atomic E-state index is -5.14. The summed E-state index contributed by atoms with van der Waals surface area (Å²) in [6.45, 7) is 10.2. The fraction of sp³-hybridized carbons (Fsp3) is 0.529. The van der Waals surface area contributed by atoms with Crippen molar-refractivity contribution >= 4 is 35.4 Å². The minimum Gasteiger partial charge on any atom is -0.444 e. The summed E-state index contributed by atoms with van der Waals surface area (Å²) in [7, 11) is 0. The van der Waals surface area contributed by atoms with E-state index in [0.717, 1.165) is 24.3 Å². The van der Waals surface area contributed by atoms with Crippen LogP contribution in [-0.2, 0) is 31.4 Å². The lowest BCUT2D eigenvalue weighted by atomic mass is 9.93. The van der Waals surface area contributed by atoms with E-state index >= 15 is 0 Å². The molecule has 2 N–H and O–H groups in total. The average Bonchev–Trinajstić information content (AvgIpc) is 3.65. The summed E-state index contributed by atoms with van der Waals surface area (Å²) in [5.74, 6) is -1.56. The van der Waals surface area contributed by atoms with E-state index in [0.29, 0.717) is 25.0 Å². The molecule has 50 heavy (non-hydrogen) atoms. The molecule has 2 aliphatic heterocycles. The zero-order valence-electron chi connectivity index (χ0n) is 28.5. The van der Waals surface area contributed by atoms with Gasteiger partial charge in [0, 0.05) is 24.5 Å². The molecule has 0 radical (unpaired) electrons. The fourth-order valence-corrected chi connectivity index (χ4v) is 5.79. The smallest absolute Gasteiger partial charge is 0.417 e. The van der Waals surface area contributed by atoms with Crippen LogP contribution in [-0.4, -0.2) is 70.2 Å². The molecule has 2 heterocycles. The Bertz CT molecular complexity index is 1510. The topological polar surface area (TPSA) is 117 Å². The van der Waals surface area contributed by atoms with Crippen LogP contribution in [0.5, 0.6) is 0 Å². The van der Waals surface area contributed by atoms with Gasteiger partial charge < -0.3 is 20.1 Å². The fourth-order valence-electron chi connectivity index (χ4n) is 5.79. The summed E-state index contributed by atoms with van der Waals surface area (Å²) in [5.41, 5.74) is -6.92. The third-order valence-electron chi connectivity index (χ3n) is 7.84. The van der Waals surface area contributed by atoms with Crippen LogP contribution in [0.15, 0.2) is 36.4 Å². The molecule has 10 nitrogen and oxygen atoms in total. The summed E-state index contributed by atoms with van der Waals surface area (Å²) in [4.78, 5) is 53.7. The third kappa shape index (κ3) is 9.38. The Morgan fingerprint density at radius 1 is 0.620 bits per heavy atom. The maximum absolute atomic E-state index is 14.4. The average molecular weight is 715 g/mol. The zero-order chi connectivity index (χ0) is 37.4. The molecule has 0 saturated carbocycles. The Morgan fingerprint density at radius 2 is 0.960 bits per heavy atom. The molecule has 2 atom stereocenters. The van der Waals surface area contributed by atoms with Crippen LogP contribution in [0.2, 0.25) is 0 Å². The molecule has 0 bridgehead atoms. The molecule has 2 fully saturated rings. The first-order chi connectivity index (χ1) is 22.9. The standard InChI is InChI=1S/C34H40F6N4O6/c1-31(2,3)49-29(47)43-15-7-9-25(43)27(45)41-19-11-13-21(23(17-19)33(35,36)37)22-14-12-20(18-24(22)34(38,39)40)42-28(46)26-10-8-16-44(26)30(48)50-32(4,5)6/h11-14,17-18,25-26H,7-10,15-16H2,1-6H3,(H,41,45)(H,42,46)/t25-,26-/m0/s1. The molecular formula is C34H40F6N4O6. The van der Waals surface area contributed by atoms with Gasteiger partial charge in [-0.3, -0.25) is 19.4 Å². The number of alkyl halides is 6. The number of anilines is 2. The number of amides is 4. The number of carbonyl (C=O) groups excluding carboxylic acids is 4. The summed E-state index contributed by atoms with van der Waals surface area (Å²) < 4.78 is 96.9. The largest absolute Gasteiger partial charge is 0.444 e. The summed E-state index contributed by atoms with van der Waals surface area (Å²) in [6, 6.07) is 2.71. The number of hydrogen-bond acceptors (Lipinski definition) is 6. The van der Waals surface area contributed by atoms with E-state index in [1.54, 1.807) is 41.5 Å². The SMILES string of the molecule is CC(C)(C)OC(=O)N1CCC[C@H]1C(=O)Nc1ccc(-c2ccc(NC(=O)[C@@H]3CCCN3C(=O)OC(C)(C)C)cc2C(F)(F)F)c(C(F)(F)F)c1. The van der Waals surface area contributed by atoms with Gasteiger partial charge in [-0.05, 0) is 103 Å². The highest BCUT2D eigenvalue weighted by Gasteiger charge is 2.41. The van der Waals surface area contributed by atoms with Crippen molar-refractivity contribution in [2.45, 2.75) is 103 Å². The first-order valence-corrected chi connectivity index (χ1v) is 16.0. The molecular weight excluding hydrogens is 674 g/mol. The minimum absolute atomic E-state index is 0.194. The van der Waals surface area contributed by atoms with Crippen LogP contribution < -0.4 is 10.6 Å². The van der Waals surface area contributed by atoms with Crippen LogP contribution in [0.1, 0.15) is 78.4 Å². The summed E-state index contributed by atoms with van der Waals surface area (Å²) in [5, 5.41) is 4.71. The molecule has 4 rings (SSSR count). The first kappa shape index (κ1) is 38.3. The predicted octanol–water partition coefficient (Wildman–Crippen LogP) is 8.07. The Hall–Kier alpha value is -4.50. The monoisotopic (exact) mass is 714 g/mol. The van der Waals surface area contributed by atoms with Crippen molar-refractivity contribution in [3.63, 3.8) is 0 Å². The molecule has 0 aliphatic carbocycles. The van der Waals surface area contributed by atoms with E-state index in [4.69, 9.17) is 9.47 Å². The first-order valence-electron chi connectivity index (χ1n) is 16.0. The van der Waals surface area contributed by atoms with E-state index in [9.17, 15) is 45.5 Å². The van der Waals surface area contributed by atoms with Crippen molar-refractivity contribution in [3.05, 3.63) is 47.5 Å². The summed E-state index contributed by atoms with van der Waals surface area (Å²) in [6.07, 6.45) is -10.5. The third-order valence-corrected chi connectivity index (χ3v) is 7.84. The van der Waals surface area contributed by atoms with Crippen molar-refractivity contribution in [2.24, 2.45) is 0 Å². The van der Waals surface area contributed by atoms with Crippen molar-refractivity contribution < 1.29 is 55.0 Å². The van der Waals surface area contributed by atoms with Gasteiger partial charge in [-0.15, -0.1) is 0 Å².